The third kappa shape index (κ3) is 4.03. The molecule has 1 aliphatic rings. The van der Waals surface area contributed by atoms with Crippen molar-refractivity contribution in [3.05, 3.63) is 19.2 Å². The number of likely N-dealkylation sites (tertiary alicyclic amines) is 1. The molecule has 0 spiro atoms. The van der Waals surface area contributed by atoms with Crippen LogP contribution in [-0.4, -0.2) is 49.4 Å². The van der Waals surface area contributed by atoms with Gasteiger partial charge < -0.3 is 9.80 Å². The standard InChI is InChI=1S/C13H18Br2N2OS/c1-16-5-3-9(4-6-16)8-17(2)13(18)11-7-10(14)12(15)19-11/h7,9H,3-6,8H2,1-2H3. The number of hydrogen-bond donors (Lipinski definition) is 0. The number of carbonyl (C=O) groups excluding carboxylic acids is 1. The molecule has 0 aliphatic carbocycles. The van der Waals surface area contributed by atoms with Gasteiger partial charge in [-0.25, -0.2) is 0 Å². The summed E-state index contributed by atoms with van der Waals surface area (Å²) in [5.41, 5.74) is 0. The van der Waals surface area contributed by atoms with Crippen LogP contribution in [0.2, 0.25) is 0 Å². The van der Waals surface area contributed by atoms with Gasteiger partial charge in [-0.05, 0) is 76.8 Å². The second-order valence-electron chi connectivity index (χ2n) is 5.16. The normalized spacial score (nSPS) is 17.7. The number of amides is 1. The van der Waals surface area contributed by atoms with Crippen LogP contribution in [0.4, 0.5) is 0 Å². The molecule has 1 amide bonds. The molecule has 0 saturated carbocycles. The summed E-state index contributed by atoms with van der Waals surface area (Å²) in [6, 6.07) is 1.89. The SMILES string of the molecule is CN1CCC(CN(C)C(=O)c2cc(Br)c(Br)s2)CC1. The predicted molar refractivity (Wildman–Crippen MR) is 86.9 cm³/mol. The molecule has 0 atom stereocenters. The van der Waals surface area contributed by atoms with Crippen molar-refractivity contribution in [1.29, 1.82) is 0 Å². The minimum absolute atomic E-state index is 0.121. The number of hydrogen-bond acceptors (Lipinski definition) is 3. The molecule has 106 valence electrons. The molecule has 2 rings (SSSR count). The summed E-state index contributed by atoms with van der Waals surface area (Å²) in [7, 11) is 4.06. The molecular formula is C13H18Br2N2OS. The maximum absolute atomic E-state index is 12.3. The Labute approximate surface area is 135 Å². The lowest BCUT2D eigenvalue weighted by atomic mass is 9.96. The fourth-order valence-corrected chi connectivity index (χ4v) is 4.39. The predicted octanol–water partition coefficient (Wildman–Crippen LogP) is 3.69. The fraction of sp³-hybridized carbons (Fsp3) is 0.615. The average molecular weight is 410 g/mol. The molecule has 0 N–H and O–H groups in total. The maximum atomic E-state index is 12.3. The Morgan fingerprint density at radius 1 is 1.47 bits per heavy atom. The van der Waals surface area contributed by atoms with Crippen molar-refractivity contribution in [2.24, 2.45) is 5.92 Å². The molecule has 3 nitrogen and oxygen atoms in total. The Hall–Kier alpha value is 0.0900. The second-order valence-corrected chi connectivity index (χ2v) is 8.39. The van der Waals surface area contributed by atoms with Gasteiger partial charge in [0.05, 0.1) is 8.66 Å². The van der Waals surface area contributed by atoms with Gasteiger partial charge in [-0.2, -0.15) is 0 Å². The van der Waals surface area contributed by atoms with Gasteiger partial charge in [-0.15, -0.1) is 11.3 Å². The van der Waals surface area contributed by atoms with E-state index in [-0.39, 0.29) is 5.91 Å². The molecule has 1 aliphatic heterocycles. The largest absolute Gasteiger partial charge is 0.341 e. The molecule has 2 heterocycles. The number of carbonyl (C=O) groups is 1. The molecule has 6 heteroatoms. The summed E-state index contributed by atoms with van der Waals surface area (Å²) in [6.45, 7) is 3.14. The van der Waals surface area contributed by atoms with Gasteiger partial charge >= 0.3 is 0 Å². The van der Waals surface area contributed by atoms with Crippen LogP contribution in [0.1, 0.15) is 22.5 Å². The Balaban J connectivity index is 1.92. The van der Waals surface area contributed by atoms with Crippen LogP contribution in [0.5, 0.6) is 0 Å². The van der Waals surface area contributed by atoms with Gasteiger partial charge in [0.15, 0.2) is 0 Å². The summed E-state index contributed by atoms with van der Waals surface area (Å²) in [5, 5.41) is 0. The van der Waals surface area contributed by atoms with Crippen molar-refractivity contribution >= 4 is 49.1 Å². The summed E-state index contributed by atoms with van der Waals surface area (Å²) >= 11 is 8.34. The summed E-state index contributed by atoms with van der Waals surface area (Å²) in [5.74, 6) is 0.757. The zero-order valence-electron chi connectivity index (χ0n) is 11.2. The van der Waals surface area contributed by atoms with E-state index in [1.807, 2.05) is 18.0 Å². The Bertz CT molecular complexity index is 436. The highest BCUT2D eigenvalue weighted by atomic mass is 79.9. The number of rotatable bonds is 3. The second kappa shape index (κ2) is 6.70. The molecule has 1 aromatic heterocycles. The van der Waals surface area contributed by atoms with Gasteiger partial charge in [0.1, 0.15) is 0 Å². The van der Waals surface area contributed by atoms with Gasteiger partial charge in [-0.1, -0.05) is 0 Å². The number of thiophene rings is 1. The first-order valence-electron chi connectivity index (χ1n) is 6.36. The number of halogens is 2. The third-order valence-corrected chi connectivity index (χ3v) is 6.82. The first-order chi connectivity index (χ1) is 8.97. The van der Waals surface area contributed by atoms with Crippen molar-refractivity contribution in [3.8, 4) is 0 Å². The minimum atomic E-state index is 0.121. The van der Waals surface area contributed by atoms with Gasteiger partial charge in [0, 0.05) is 18.1 Å². The third-order valence-electron chi connectivity index (χ3n) is 3.57. The van der Waals surface area contributed by atoms with Gasteiger partial charge in [-0.3, -0.25) is 4.79 Å². The first-order valence-corrected chi connectivity index (χ1v) is 8.76. The first kappa shape index (κ1) is 15.5. The molecule has 0 radical (unpaired) electrons. The van der Waals surface area contributed by atoms with Crippen LogP contribution in [0.15, 0.2) is 14.3 Å². The lowest BCUT2D eigenvalue weighted by Crippen LogP contribution is -2.37. The van der Waals surface area contributed by atoms with E-state index in [4.69, 9.17) is 0 Å². The van der Waals surface area contributed by atoms with E-state index < -0.39 is 0 Å². The Morgan fingerprint density at radius 2 is 2.11 bits per heavy atom. The Morgan fingerprint density at radius 3 is 2.63 bits per heavy atom. The molecule has 19 heavy (non-hydrogen) atoms. The minimum Gasteiger partial charge on any atom is -0.341 e. The number of nitrogens with zero attached hydrogens (tertiary/aromatic N) is 2. The zero-order chi connectivity index (χ0) is 14.0. The van der Waals surface area contributed by atoms with Crippen molar-refractivity contribution in [2.45, 2.75) is 12.8 Å². The van der Waals surface area contributed by atoms with Crippen LogP contribution in [-0.2, 0) is 0 Å². The average Bonchev–Trinajstić information content (AvgIpc) is 2.71. The van der Waals surface area contributed by atoms with Crippen LogP contribution in [0.3, 0.4) is 0 Å². The van der Waals surface area contributed by atoms with Gasteiger partial charge in [0.2, 0.25) is 0 Å². The summed E-state index contributed by atoms with van der Waals surface area (Å²) < 4.78 is 1.93. The van der Waals surface area contributed by atoms with E-state index in [1.165, 1.54) is 24.2 Å². The molecule has 1 fully saturated rings. The highest BCUT2D eigenvalue weighted by Gasteiger charge is 2.22. The van der Waals surface area contributed by atoms with E-state index >= 15 is 0 Å². The smallest absolute Gasteiger partial charge is 0.263 e. The van der Waals surface area contributed by atoms with Crippen LogP contribution >= 0.6 is 43.2 Å². The van der Waals surface area contributed by atoms with E-state index in [0.717, 1.165) is 32.8 Å². The fourth-order valence-electron chi connectivity index (χ4n) is 2.35. The molecule has 0 unspecified atom stereocenters. The van der Waals surface area contributed by atoms with Crippen LogP contribution in [0.25, 0.3) is 0 Å². The van der Waals surface area contributed by atoms with Crippen molar-refractivity contribution in [3.63, 3.8) is 0 Å². The van der Waals surface area contributed by atoms with E-state index in [1.54, 1.807) is 0 Å². The zero-order valence-corrected chi connectivity index (χ0v) is 15.1. The Kier molecular flexibility index (Phi) is 5.45. The number of piperidine rings is 1. The van der Waals surface area contributed by atoms with E-state index in [2.05, 4.69) is 43.8 Å². The van der Waals surface area contributed by atoms with E-state index in [9.17, 15) is 4.79 Å². The highest BCUT2D eigenvalue weighted by Crippen LogP contribution is 2.33. The molecule has 1 aromatic rings. The van der Waals surface area contributed by atoms with Crippen molar-refractivity contribution < 1.29 is 4.79 Å². The molecule has 0 bridgehead atoms. The topological polar surface area (TPSA) is 23.6 Å². The molecule has 1 saturated heterocycles. The van der Waals surface area contributed by atoms with Gasteiger partial charge in [0.25, 0.3) is 5.91 Å². The summed E-state index contributed by atoms with van der Waals surface area (Å²) in [4.78, 5) is 17.3. The van der Waals surface area contributed by atoms with Crippen molar-refractivity contribution in [2.75, 3.05) is 33.7 Å². The van der Waals surface area contributed by atoms with Crippen LogP contribution < -0.4 is 0 Å². The van der Waals surface area contributed by atoms with Crippen LogP contribution in [0, 0.1) is 5.92 Å². The molecular weight excluding hydrogens is 392 g/mol. The maximum Gasteiger partial charge on any atom is 0.263 e. The quantitative estimate of drug-likeness (QED) is 0.759. The lowest BCUT2D eigenvalue weighted by molar-refractivity contribution is 0.0752. The lowest BCUT2D eigenvalue weighted by Gasteiger charge is -2.31. The highest BCUT2D eigenvalue weighted by molar-refractivity contribution is 9.13. The summed E-state index contributed by atoms with van der Waals surface area (Å²) in [6.07, 6.45) is 2.37. The van der Waals surface area contributed by atoms with Crippen molar-refractivity contribution in [1.82, 2.24) is 9.80 Å². The molecule has 0 aromatic carbocycles. The van der Waals surface area contributed by atoms with E-state index in [0.29, 0.717) is 5.92 Å². The monoisotopic (exact) mass is 408 g/mol.